The Morgan fingerprint density at radius 2 is 2.00 bits per heavy atom. The van der Waals surface area contributed by atoms with Gasteiger partial charge in [-0.25, -0.2) is 4.98 Å². The summed E-state index contributed by atoms with van der Waals surface area (Å²) in [5, 5.41) is 3.25. The van der Waals surface area contributed by atoms with E-state index in [2.05, 4.69) is 17.2 Å². The summed E-state index contributed by atoms with van der Waals surface area (Å²) in [4.78, 5) is 18.8. The zero-order valence-corrected chi connectivity index (χ0v) is 20.1. The van der Waals surface area contributed by atoms with Gasteiger partial charge in [0, 0.05) is 17.2 Å². The van der Waals surface area contributed by atoms with Crippen molar-refractivity contribution in [2.24, 2.45) is 0 Å². The molecule has 1 atom stereocenters. The third kappa shape index (κ3) is 5.61. The number of hydrogen-bond donors (Lipinski definition) is 1. The second-order valence-electron chi connectivity index (χ2n) is 8.42. The van der Waals surface area contributed by atoms with Crippen LogP contribution in [0.2, 0.25) is 0 Å². The van der Waals surface area contributed by atoms with Gasteiger partial charge >= 0.3 is 6.61 Å². The fourth-order valence-corrected chi connectivity index (χ4v) is 3.88. The number of ether oxygens (including phenoxy) is 1. The van der Waals surface area contributed by atoms with Crippen molar-refractivity contribution in [3.05, 3.63) is 53.3 Å². The Hall–Kier alpha value is -3.28. The monoisotopic (exact) mass is 468 g/mol. The first-order valence-corrected chi connectivity index (χ1v) is 11.2. The lowest BCUT2D eigenvalue weighted by Gasteiger charge is -2.25. The van der Waals surface area contributed by atoms with Crippen LogP contribution >= 0.6 is 0 Å². The van der Waals surface area contributed by atoms with Gasteiger partial charge in [-0.15, -0.1) is 0 Å². The molecule has 0 saturated heterocycles. The Bertz CT molecular complexity index is 1210. The molecule has 0 aliphatic rings. The number of para-hydroxylation sites is 1. The molecule has 6 nitrogen and oxygen atoms in total. The number of aromatic nitrogens is 2. The summed E-state index contributed by atoms with van der Waals surface area (Å²) in [5.41, 5.74) is 2.55. The number of nitrogens with one attached hydrogen (secondary N) is 1. The van der Waals surface area contributed by atoms with Gasteiger partial charge in [0.2, 0.25) is 0 Å². The number of fused-ring (bicyclic) bond motifs is 1. The van der Waals surface area contributed by atoms with Crippen molar-refractivity contribution < 1.29 is 18.3 Å². The lowest BCUT2D eigenvalue weighted by molar-refractivity contribution is -0.0498. The molecule has 1 aromatic heterocycles. The molecule has 0 aliphatic carbocycles. The van der Waals surface area contributed by atoms with E-state index >= 15 is 0 Å². The van der Waals surface area contributed by atoms with Crippen molar-refractivity contribution in [1.29, 1.82) is 0 Å². The van der Waals surface area contributed by atoms with Crippen LogP contribution in [0.25, 0.3) is 16.7 Å². The summed E-state index contributed by atoms with van der Waals surface area (Å²) in [7, 11) is 3.86. The molecule has 0 amide bonds. The van der Waals surface area contributed by atoms with E-state index in [0.29, 0.717) is 35.7 Å². The zero-order chi connectivity index (χ0) is 24.8. The molecule has 8 heteroatoms. The van der Waals surface area contributed by atoms with Gasteiger partial charge in [-0.2, -0.15) is 8.78 Å². The molecule has 0 unspecified atom stereocenters. The van der Waals surface area contributed by atoms with Gasteiger partial charge in [-0.3, -0.25) is 14.3 Å². The number of carbonyl (C=O) groups excluding carboxylic acids is 1. The minimum absolute atomic E-state index is 0.0913. The number of benzene rings is 2. The molecule has 0 radical (unpaired) electrons. The number of halogens is 2. The smallest absolute Gasteiger partial charge is 0.387 e. The summed E-state index contributed by atoms with van der Waals surface area (Å²) in [6, 6.07) is 10.3. The number of alkyl halides is 2. The van der Waals surface area contributed by atoms with Crippen molar-refractivity contribution in [3.63, 3.8) is 0 Å². The van der Waals surface area contributed by atoms with Crippen LogP contribution in [-0.2, 0) is 0 Å². The number of carbonyl (C=O) groups is 1. The number of hydrogen-bond acceptors (Lipinski definition) is 5. The van der Waals surface area contributed by atoms with E-state index in [1.54, 1.807) is 10.6 Å². The number of imidazole rings is 1. The molecule has 0 spiro atoms. The standard InChI is InChI=1S/C26H30F2N4O2/c1-6-21(31(4)5)25-30-20-13-12-18(9-8-14-29-17(2)3)15-22(20)32(25)24-19(16-33)10-7-11-23(24)34-26(27)28/h7,10-13,15-17,21,26,29H,6,14H2,1-5H3/t21-/m1/s1. The third-order valence-corrected chi connectivity index (χ3v) is 5.42. The Morgan fingerprint density at radius 3 is 2.62 bits per heavy atom. The summed E-state index contributed by atoms with van der Waals surface area (Å²) in [5.74, 6) is 6.77. The van der Waals surface area contributed by atoms with Gasteiger partial charge in [0.1, 0.15) is 11.5 Å². The van der Waals surface area contributed by atoms with Crippen LogP contribution in [-0.4, -0.2) is 54.0 Å². The Kier molecular flexibility index (Phi) is 8.37. The topological polar surface area (TPSA) is 59.4 Å². The van der Waals surface area contributed by atoms with Crippen LogP contribution in [0.15, 0.2) is 36.4 Å². The molecule has 3 rings (SSSR count). The fraction of sp³-hybridized carbons (Fsp3) is 0.385. The maximum absolute atomic E-state index is 13.3. The van der Waals surface area contributed by atoms with Crippen LogP contribution in [0.5, 0.6) is 5.75 Å². The molecular formula is C26H30F2N4O2. The predicted octanol–water partition coefficient (Wildman–Crippen LogP) is 4.80. The minimum Gasteiger partial charge on any atom is -0.433 e. The quantitative estimate of drug-likeness (QED) is 0.361. The lowest BCUT2D eigenvalue weighted by atomic mass is 10.1. The highest BCUT2D eigenvalue weighted by Crippen LogP contribution is 2.35. The Labute approximate surface area is 198 Å². The highest BCUT2D eigenvalue weighted by Gasteiger charge is 2.26. The summed E-state index contributed by atoms with van der Waals surface area (Å²) < 4.78 is 33.1. The Balaban J connectivity index is 2.30. The van der Waals surface area contributed by atoms with Crippen LogP contribution < -0.4 is 10.1 Å². The summed E-state index contributed by atoms with van der Waals surface area (Å²) >= 11 is 0. The van der Waals surface area contributed by atoms with E-state index in [9.17, 15) is 13.6 Å². The van der Waals surface area contributed by atoms with Crippen molar-refractivity contribution in [1.82, 2.24) is 19.8 Å². The molecule has 1 heterocycles. The minimum atomic E-state index is -3.04. The van der Waals surface area contributed by atoms with Crippen LogP contribution in [0, 0.1) is 11.8 Å². The van der Waals surface area contributed by atoms with Crippen molar-refractivity contribution in [2.75, 3.05) is 20.6 Å². The van der Waals surface area contributed by atoms with Gasteiger partial charge in [-0.05, 0) is 64.7 Å². The molecule has 0 saturated carbocycles. The van der Waals surface area contributed by atoms with E-state index in [0.717, 1.165) is 12.0 Å². The van der Waals surface area contributed by atoms with Gasteiger partial charge in [-0.1, -0.05) is 24.8 Å². The third-order valence-electron chi connectivity index (χ3n) is 5.42. The van der Waals surface area contributed by atoms with Crippen LogP contribution in [0.3, 0.4) is 0 Å². The Morgan fingerprint density at radius 1 is 1.24 bits per heavy atom. The van der Waals surface area contributed by atoms with E-state index in [-0.39, 0.29) is 23.0 Å². The molecule has 0 aliphatic heterocycles. The van der Waals surface area contributed by atoms with Gasteiger partial charge in [0.15, 0.2) is 12.0 Å². The molecule has 2 aromatic carbocycles. The molecule has 1 N–H and O–H groups in total. The van der Waals surface area contributed by atoms with Gasteiger partial charge in [0.05, 0.1) is 23.6 Å². The average molecular weight is 469 g/mol. The highest BCUT2D eigenvalue weighted by molar-refractivity contribution is 5.87. The second-order valence-corrected chi connectivity index (χ2v) is 8.42. The maximum Gasteiger partial charge on any atom is 0.387 e. The van der Waals surface area contributed by atoms with Crippen molar-refractivity contribution in [3.8, 4) is 23.3 Å². The second kappa shape index (κ2) is 11.2. The first kappa shape index (κ1) is 25.3. The van der Waals surface area contributed by atoms with E-state index in [4.69, 9.17) is 9.72 Å². The molecule has 0 fully saturated rings. The van der Waals surface area contributed by atoms with Gasteiger partial charge < -0.3 is 10.1 Å². The molecule has 34 heavy (non-hydrogen) atoms. The first-order valence-electron chi connectivity index (χ1n) is 11.2. The van der Waals surface area contributed by atoms with E-state index in [1.807, 2.05) is 58.0 Å². The van der Waals surface area contributed by atoms with E-state index < -0.39 is 6.61 Å². The van der Waals surface area contributed by atoms with Crippen LogP contribution in [0.4, 0.5) is 8.78 Å². The largest absolute Gasteiger partial charge is 0.433 e. The average Bonchev–Trinajstić information content (AvgIpc) is 3.14. The molecule has 180 valence electrons. The SMILES string of the molecule is CC[C@H](c1nc2ccc(C#CCNC(C)C)cc2n1-c1c(C=O)cccc1OC(F)F)N(C)C. The number of nitrogens with zero attached hydrogens (tertiary/aromatic N) is 3. The number of aldehydes is 1. The number of rotatable bonds is 9. The normalized spacial score (nSPS) is 12.3. The predicted molar refractivity (Wildman–Crippen MR) is 130 cm³/mol. The molecule has 3 aromatic rings. The van der Waals surface area contributed by atoms with E-state index in [1.165, 1.54) is 12.1 Å². The first-order chi connectivity index (χ1) is 16.3. The van der Waals surface area contributed by atoms with Crippen LogP contribution in [0.1, 0.15) is 55.0 Å². The molecule has 0 bridgehead atoms. The van der Waals surface area contributed by atoms with Crippen molar-refractivity contribution in [2.45, 2.75) is 45.9 Å². The summed E-state index contributed by atoms with van der Waals surface area (Å²) in [6.45, 7) is 3.62. The lowest BCUT2D eigenvalue weighted by Crippen LogP contribution is -2.23. The fourth-order valence-electron chi connectivity index (χ4n) is 3.88. The summed E-state index contributed by atoms with van der Waals surface area (Å²) in [6.07, 6.45) is 1.36. The van der Waals surface area contributed by atoms with Gasteiger partial charge in [0.25, 0.3) is 0 Å². The molecular weight excluding hydrogens is 438 g/mol. The van der Waals surface area contributed by atoms with Crippen molar-refractivity contribution >= 4 is 17.3 Å². The maximum atomic E-state index is 13.3. The zero-order valence-electron chi connectivity index (χ0n) is 20.1. The highest BCUT2D eigenvalue weighted by atomic mass is 19.3.